The van der Waals surface area contributed by atoms with E-state index in [0.717, 1.165) is 28.2 Å². The second kappa shape index (κ2) is 8.13. The Kier molecular flexibility index (Phi) is 5.15. The van der Waals surface area contributed by atoms with Crippen LogP contribution in [0.2, 0.25) is 0 Å². The van der Waals surface area contributed by atoms with Crippen molar-refractivity contribution in [3.05, 3.63) is 94.0 Å². The summed E-state index contributed by atoms with van der Waals surface area (Å²) in [5.41, 5.74) is 3.88. The van der Waals surface area contributed by atoms with Crippen LogP contribution in [-0.4, -0.2) is 24.5 Å². The lowest BCUT2D eigenvalue weighted by Gasteiger charge is -2.30. The van der Waals surface area contributed by atoms with Crippen LogP contribution in [0.5, 0.6) is 17.2 Å². The summed E-state index contributed by atoms with van der Waals surface area (Å²) in [5, 5.41) is 0. The fourth-order valence-corrected chi connectivity index (χ4v) is 4.22. The standard InChI is InChI=1S/C26H22FNO4/c1-16-25-19(14-28(15-31-25)13-18-7-3-4-9-22(18)30-2)12-21-24(29)23(32-26(16)21)11-17-6-5-8-20(27)10-17/h3-12H,13-15H2,1-2H3/b23-11-. The predicted molar refractivity (Wildman–Crippen MR) is 118 cm³/mol. The highest BCUT2D eigenvalue weighted by Gasteiger charge is 2.33. The molecular formula is C26H22FNO4. The van der Waals surface area contributed by atoms with Crippen LogP contribution in [0.25, 0.3) is 6.08 Å². The maximum absolute atomic E-state index is 13.5. The quantitative estimate of drug-likeness (QED) is 0.537. The number of carbonyl (C=O) groups excluding carboxylic acids is 1. The third-order valence-electron chi connectivity index (χ3n) is 5.73. The maximum atomic E-state index is 13.5. The second-order valence-corrected chi connectivity index (χ2v) is 7.93. The van der Waals surface area contributed by atoms with Crippen molar-refractivity contribution in [1.29, 1.82) is 0 Å². The van der Waals surface area contributed by atoms with E-state index in [1.165, 1.54) is 12.1 Å². The molecule has 2 aliphatic rings. The molecule has 0 N–H and O–H groups in total. The van der Waals surface area contributed by atoms with Gasteiger partial charge in [-0.2, -0.15) is 0 Å². The molecule has 6 heteroatoms. The third kappa shape index (κ3) is 3.63. The molecular weight excluding hydrogens is 409 g/mol. The maximum Gasteiger partial charge on any atom is 0.231 e. The Labute approximate surface area is 185 Å². The van der Waals surface area contributed by atoms with E-state index >= 15 is 0 Å². The highest BCUT2D eigenvalue weighted by molar-refractivity contribution is 6.15. The average Bonchev–Trinajstić information content (AvgIpc) is 3.10. The minimum atomic E-state index is -0.363. The Morgan fingerprint density at radius 2 is 1.97 bits per heavy atom. The van der Waals surface area contributed by atoms with Gasteiger partial charge in [-0.15, -0.1) is 0 Å². The summed E-state index contributed by atoms with van der Waals surface area (Å²) >= 11 is 0. The minimum Gasteiger partial charge on any atom is -0.496 e. The van der Waals surface area contributed by atoms with Gasteiger partial charge in [0.15, 0.2) is 5.76 Å². The van der Waals surface area contributed by atoms with Gasteiger partial charge in [0.25, 0.3) is 0 Å². The van der Waals surface area contributed by atoms with Crippen molar-refractivity contribution in [2.24, 2.45) is 0 Å². The molecule has 0 radical (unpaired) electrons. The van der Waals surface area contributed by atoms with Crippen LogP contribution in [-0.2, 0) is 13.1 Å². The number of halogens is 1. The van der Waals surface area contributed by atoms with Gasteiger partial charge in [0.1, 0.15) is 29.8 Å². The number of methoxy groups -OCH3 is 1. The van der Waals surface area contributed by atoms with Gasteiger partial charge in [-0.05, 0) is 42.8 Å². The molecule has 0 fully saturated rings. The fraction of sp³-hybridized carbons (Fsp3) is 0.192. The summed E-state index contributed by atoms with van der Waals surface area (Å²) in [6.45, 7) is 3.61. The summed E-state index contributed by atoms with van der Waals surface area (Å²) < 4.78 is 30.9. The summed E-state index contributed by atoms with van der Waals surface area (Å²) in [6.07, 6.45) is 1.57. The number of Topliss-reactive ketones (excluding diaryl/α,β-unsaturated/α-hetero) is 1. The average molecular weight is 431 g/mol. The number of rotatable bonds is 4. The van der Waals surface area contributed by atoms with Gasteiger partial charge in [0, 0.05) is 29.8 Å². The number of hydrogen-bond donors (Lipinski definition) is 0. The number of ether oxygens (including phenoxy) is 3. The molecule has 0 saturated carbocycles. The molecule has 162 valence electrons. The Hall–Kier alpha value is -3.64. The van der Waals surface area contributed by atoms with Crippen molar-refractivity contribution in [2.45, 2.75) is 20.0 Å². The van der Waals surface area contributed by atoms with Crippen LogP contribution < -0.4 is 14.2 Å². The number of benzene rings is 3. The van der Waals surface area contributed by atoms with Gasteiger partial charge in [0.2, 0.25) is 5.78 Å². The fourth-order valence-electron chi connectivity index (χ4n) is 4.22. The molecule has 3 aromatic rings. The smallest absolute Gasteiger partial charge is 0.231 e. The molecule has 2 aliphatic heterocycles. The van der Waals surface area contributed by atoms with Crippen molar-refractivity contribution in [3.8, 4) is 17.2 Å². The number of nitrogens with zero attached hydrogens (tertiary/aromatic N) is 1. The van der Waals surface area contributed by atoms with Crippen LogP contribution in [0.4, 0.5) is 4.39 Å². The molecule has 3 aromatic carbocycles. The van der Waals surface area contributed by atoms with Crippen molar-refractivity contribution in [1.82, 2.24) is 4.90 Å². The molecule has 0 aliphatic carbocycles. The highest BCUT2D eigenvalue weighted by Crippen LogP contribution is 2.43. The SMILES string of the molecule is COc1ccccc1CN1COc2c(cc3c(c2C)O/C(=C\c2cccc(F)c2)C3=O)C1. The van der Waals surface area contributed by atoms with Gasteiger partial charge >= 0.3 is 0 Å². The number of ketones is 1. The zero-order chi connectivity index (χ0) is 22.2. The van der Waals surface area contributed by atoms with Crippen molar-refractivity contribution in [2.75, 3.05) is 13.8 Å². The molecule has 32 heavy (non-hydrogen) atoms. The zero-order valence-electron chi connectivity index (χ0n) is 17.9. The summed E-state index contributed by atoms with van der Waals surface area (Å²) in [5.74, 6) is 1.70. The van der Waals surface area contributed by atoms with Gasteiger partial charge in [0.05, 0.1) is 12.7 Å². The molecule has 0 atom stereocenters. The topological polar surface area (TPSA) is 48.0 Å². The van der Waals surface area contributed by atoms with Crippen LogP contribution in [0.3, 0.4) is 0 Å². The molecule has 0 saturated heterocycles. The second-order valence-electron chi connectivity index (χ2n) is 7.93. The molecule has 0 bridgehead atoms. The lowest BCUT2D eigenvalue weighted by molar-refractivity contribution is 0.0869. The molecule has 5 rings (SSSR count). The number of para-hydroxylation sites is 1. The van der Waals surface area contributed by atoms with Gasteiger partial charge in [-0.3, -0.25) is 9.69 Å². The number of allylic oxidation sites excluding steroid dienone is 1. The van der Waals surface area contributed by atoms with Crippen molar-refractivity contribution in [3.63, 3.8) is 0 Å². The monoisotopic (exact) mass is 431 g/mol. The molecule has 5 nitrogen and oxygen atoms in total. The van der Waals surface area contributed by atoms with Crippen LogP contribution in [0.15, 0.2) is 60.4 Å². The normalized spacial score (nSPS) is 16.3. The van der Waals surface area contributed by atoms with Crippen LogP contribution in [0, 0.1) is 12.7 Å². The number of hydrogen-bond acceptors (Lipinski definition) is 5. The van der Waals surface area contributed by atoms with Crippen molar-refractivity contribution < 1.29 is 23.4 Å². The Balaban J connectivity index is 1.42. The van der Waals surface area contributed by atoms with Gasteiger partial charge in [-0.25, -0.2) is 4.39 Å². The summed E-state index contributed by atoms with van der Waals surface area (Å²) in [7, 11) is 1.66. The minimum absolute atomic E-state index is 0.182. The lowest BCUT2D eigenvalue weighted by Crippen LogP contribution is -2.32. The Morgan fingerprint density at radius 3 is 2.78 bits per heavy atom. The van der Waals surface area contributed by atoms with Crippen molar-refractivity contribution >= 4 is 11.9 Å². The molecule has 2 heterocycles. The molecule has 0 aromatic heterocycles. The first-order valence-corrected chi connectivity index (χ1v) is 10.4. The molecule has 0 spiro atoms. The van der Waals surface area contributed by atoms with Gasteiger partial charge in [-0.1, -0.05) is 30.3 Å². The first-order valence-electron chi connectivity index (χ1n) is 10.4. The van der Waals surface area contributed by atoms with Gasteiger partial charge < -0.3 is 14.2 Å². The van der Waals surface area contributed by atoms with Crippen LogP contribution in [0.1, 0.15) is 32.6 Å². The first kappa shape index (κ1) is 20.3. The summed E-state index contributed by atoms with van der Waals surface area (Å²) in [4.78, 5) is 15.2. The van der Waals surface area contributed by atoms with E-state index in [1.807, 2.05) is 37.3 Å². The number of fused-ring (bicyclic) bond motifs is 2. The van der Waals surface area contributed by atoms with Crippen LogP contribution >= 0.6 is 0 Å². The Morgan fingerprint density at radius 1 is 1.12 bits per heavy atom. The first-order chi connectivity index (χ1) is 15.5. The van der Waals surface area contributed by atoms with E-state index in [2.05, 4.69) is 4.90 Å². The lowest BCUT2D eigenvalue weighted by atomic mass is 9.99. The summed E-state index contributed by atoms with van der Waals surface area (Å²) in [6, 6.07) is 15.8. The largest absolute Gasteiger partial charge is 0.496 e. The third-order valence-corrected chi connectivity index (χ3v) is 5.73. The van der Waals surface area contributed by atoms with E-state index in [4.69, 9.17) is 14.2 Å². The van der Waals surface area contributed by atoms with E-state index in [1.54, 1.807) is 25.3 Å². The van der Waals surface area contributed by atoms with E-state index in [-0.39, 0.29) is 17.4 Å². The van der Waals surface area contributed by atoms with E-state index in [9.17, 15) is 9.18 Å². The Bertz CT molecular complexity index is 1250. The number of carbonyl (C=O) groups is 1. The highest BCUT2D eigenvalue weighted by atomic mass is 19.1. The van der Waals surface area contributed by atoms with E-state index in [0.29, 0.717) is 36.7 Å². The molecule has 0 amide bonds. The van der Waals surface area contributed by atoms with E-state index < -0.39 is 0 Å². The molecule has 0 unspecified atom stereocenters. The predicted octanol–water partition coefficient (Wildman–Crippen LogP) is 5.11. The zero-order valence-corrected chi connectivity index (χ0v) is 17.9.